The van der Waals surface area contributed by atoms with Crippen molar-refractivity contribution in [1.29, 1.82) is 0 Å². The highest BCUT2D eigenvalue weighted by atomic mass is 15.3. The predicted molar refractivity (Wildman–Crippen MR) is 98.4 cm³/mol. The molecule has 23 heavy (non-hydrogen) atoms. The van der Waals surface area contributed by atoms with Crippen molar-refractivity contribution in [3.63, 3.8) is 0 Å². The van der Waals surface area contributed by atoms with Crippen LogP contribution in [0.4, 0.5) is 11.5 Å². The summed E-state index contributed by atoms with van der Waals surface area (Å²) in [5.41, 5.74) is 4.26. The molecule has 1 aromatic carbocycles. The van der Waals surface area contributed by atoms with Gasteiger partial charge in [0.15, 0.2) is 0 Å². The molecule has 0 atom stereocenters. The zero-order chi connectivity index (χ0) is 16.2. The molecule has 0 spiro atoms. The van der Waals surface area contributed by atoms with Gasteiger partial charge in [0.2, 0.25) is 0 Å². The van der Waals surface area contributed by atoms with Crippen molar-refractivity contribution in [1.82, 2.24) is 4.98 Å². The first kappa shape index (κ1) is 15.9. The van der Waals surface area contributed by atoms with E-state index in [0.29, 0.717) is 5.92 Å². The summed E-state index contributed by atoms with van der Waals surface area (Å²) >= 11 is 0. The monoisotopic (exact) mass is 309 g/mol. The lowest BCUT2D eigenvalue weighted by Crippen LogP contribution is -2.46. The first-order chi connectivity index (χ1) is 11.1. The number of pyridine rings is 1. The summed E-state index contributed by atoms with van der Waals surface area (Å²) in [6.07, 6.45) is 3.04. The summed E-state index contributed by atoms with van der Waals surface area (Å²) in [4.78, 5) is 9.32. The normalized spacial score (nSPS) is 15.3. The molecule has 0 radical (unpaired) electrons. The van der Waals surface area contributed by atoms with Crippen molar-refractivity contribution in [3.05, 3.63) is 53.7 Å². The Morgan fingerprint density at radius 1 is 1.00 bits per heavy atom. The minimum Gasteiger partial charge on any atom is -0.368 e. The van der Waals surface area contributed by atoms with E-state index in [2.05, 4.69) is 65.9 Å². The topological polar surface area (TPSA) is 19.4 Å². The Kier molecular flexibility index (Phi) is 4.85. The summed E-state index contributed by atoms with van der Waals surface area (Å²) in [6, 6.07) is 13.1. The maximum atomic E-state index is 4.46. The maximum absolute atomic E-state index is 4.46. The maximum Gasteiger partial charge on any atom is 0.128 e. The first-order valence-corrected chi connectivity index (χ1v) is 8.64. The van der Waals surface area contributed by atoms with Gasteiger partial charge in [-0.3, -0.25) is 0 Å². The average Bonchev–Trinajstić information content (AvgIpc) is 2.57. The lowest BCUT2D eigenvalue weighted by molar-refractivity contribution is 0.640. The number of nitrogens with zero attached hydrogens (tertiary/aromatic N) is 3. The van der Waals surface area contributed by atoms with Gasteiger partial charge in [-0.15, -0.1) is 0 Å². The highest BCUT2D eigenvalue weighted by Crippen LogP contribution is 2.23. The Labute approximate surface area is 140 Å². The molecule has 3 rings (SSSR count). The van der Waals surface area contributed by atoms with Crippen LogP contribution in [0.2, 0.25) is 0 Å². The number of piperazine rings is 1. The van der Waals surface area contributed by atoms with E-state index in [4.69, 9.17) is 0 Å². The van der Waals surface area contributed by atoms with Crippen molar-refractivity contribution in [2.75, 3.05) is 36.0 Å². The highest BCUT2D eigenvalue weighted by molar-refractivity contribution is 5.52. The van der Waals surface area contributed by atoms with Gasteiger partial charge in [-0.25, -0.2) is 4.98 Å². The molecule has 0 bridgehead atoms. The Morgan fingerprint density at radius 2 is 1.74 bits per heavy atom. The number of hydrogen-bond donors (Lipinski definition) is 0. The van der Waals surface area contributed by atoms with Crippen molar-refractivity contribution >= 4 is 11.5 Å². The van der Waals surface area contributed by atoms with E-state index in [9.17, 15) is 0 Å². The van der Waals surface area contributed by atoms with Gasteiger partial charge in [-0.05, 0) is 54.7 Å². The van der Waals surface area contributed by atoms with Crippen molar-refractivity contribution in [2.24, 2.45) is 5.92 Å². The molecule has 0 aliphatic carbocycles. The second-order valence-corrected chi connectivity index (χ2v) is 6.87. The highest BCUT2D eigenvalue weighted by Gasteiger charge is 2.18. The molecule has 3 heteroatoms. The molecule has 1 saturated heterocycles. The summed E-state index contributed by atoms with van der Waals surface area (Å²) < 4.78 is 0. The van der Waals surface area contributed by atoms with Gasteiger partial charge in [-0.1, -0.05) is 26.0 Å². The van der Waals surface area contributed by atoms with Crippen LogP contribution in [0.3, 0.4) is 0 Å². The van der Waals surface area contributed by atoms with Crippen LogP contribution in [-0.4, -0.2) is 31.2 Å². The van der Waals surface area contributed by atoms with Crippen LogP contribution >= 0.6 is 0 Å². The largest absolute Gasteiger partial charge is 0.368 e. The molecule has 0 N–H and O–H groups in total. The number of rotatable bonds is 4. The molecule has 2 aromatic rings. The van der Waals surface area contributed by atoms with Gasteiger partial charge >= 0.3 is 0 Å². The number of hydrogen-bond acceptors (Lipinski definition) is 3. The quantitative estimate of drug-likeness (QED) is 0.853. The molecule has 0 saturated carbocycles. The molecule has 0 unspecified atom stereocenters. The van der Waals surface area contributed by atoms with Gasteiger partial charge in [0.05, 0.1) is 0 Å². The lowest BCUT2D eigenvalue weighted by Gasteiger charge is -2.37. The third-order valence-corrected chi connectivity index (χ3v) is 4.57. The standard InChI is InChI=1S/C20H27N3/c1-16(2)14-18-7-8-19(15-17(18)3)22-10-12-23(13-11-22)20-6-4-5-9-21-20/h4-9,15-16H,10-14H2,1-3H3. The fourth-order valence-corrected chi connectivity index (χ4v) is 3.28. The lowest BCUT2D eigenvalue weighted by atomic mass is 9.98. The third-order valence-electron chi connectivity index (χ3n) is 4.57. The van der Waals surface area contributed by atoms with Crippen LogP contribution < -0.4 is 9.80 Å². The molecule has 0 amide bonds. The molecular formula is C20H27N3. The second-order valence-electron chi connectivity index (χ2n) is 6.87. The summed E-state index contributed by atoms with van der Waals surface area (Å²) in [7, 11) is 0. The van der Waals surface area contributed by atoms with E-state index in [1.165, 1.54) is 23.2 Å². The molecule has 1 aliphatic rings. The SMILES string of the molecule is Cc1cc(N2CCN(c3ccccn3)CC2)ccc1CC(C)C. The van der Waals surface area contributed by atoms with Crippen molar-refractivity contribution in [3.8, 4) is 0 Å². The summed E-state index contributed by atoms with van der Waals surface area (Å²) in [5.74, 6) is 1.80. The van der Waals surface area contributed by atoms with Crippen LogP contribution in [0.1, 0.15) is 25.0 Å². The van der Waals surface area contributed by atoms with Crippen molar-refractivity contribution in [2.45, 2.75) is 27.2 Å². The van der Waals surface area contributed by atoms with E-state index in [-0.39, 0.29) is 0 Å². The first-order valence-electron chi connectivity index (χ1n) is 8.64. The Balaban J connectivity index is 1.65. The Morgan fingerprint density at radius 3 is 2.35 bits per heavy atom. The van der Waals surface area contributed by atoms with Gasteiger partial charge in [0, 0.05) is 38.1 Å². The molecular weight excluding hydrogens is 282 g/mol. The summed E-state index contributed by atoms with van der Waals surface area (Å²) in [5, 5.41) is 0. The van der Waals surface area contributed by atoms with E-state index >= 15 is 0 Å². The third kappa shape index (κ3) is 3.84. The average molecular weight is 309 g/mol. The molecule has 1 aromatic heterocycles. The van der Waals surface area contributed by atoms with E-state index < -0.39 is 0 Å². The fourth-order valence-electron chi connectivity index (χ4n) is 3.28. The Bertz CT molecular complexity index is 629. The van der Waals surface area contributed by atoms with E-state index in [1.54, 1.807) is 0 Å². The van der Waals surface area contributed by atoms with Gasteiger partial charge < -0.3 is 9.80 Å². The smallest absolute Gasteiger partial charge is 0.128 e. The number of benzene rings is 1. The number of anilines is 2. The second kappa shape index (κ2) is 7.03. The number of aromatic nitrogens is 1. The van der Waals surface area contributed by atoms with Crippen LogP contribution in [0.5, 0.6) is 0 Å². The molecule has 2 heterocycles. The Hall–Kier alpha value is -2.03. The number of aryl methyl sites for hydroxylation is 1. The fraction of sp³-hybridized carbons (Fsp3) is 0.450. The predicted octanol–water partition coefficient (Wildman–Crippen LogP) is 3.92. The minimum absolute atomic E-state index is 0.710. The van der Waals surface area contributed by atoms with Crippen molar-refractivity contribution < 1.29 is 0 Å². The van der Waals surface area contributed by atoms with Crippen LogP contribution in [-0.2, 0) is 6.42 Å². The molecule has 122 valence electrons. The zero-order valence-corrected chi connectivity index (χ0v) is 14.5. The summed E-state index contributed by atoms with van der Waals surface area (Å²) in [6.45, 7) is 11.0. The van der Waals surface area contributed by atoms with Crippen LogP contribution in [0.25, 0.3) is 0 Å². The molecule has 1 aliphatic heterocycles. The van der Waals surface area contributed by atoms with Gasteiger partial charge in [-0.2, -0.15) is 0 Å². The van der Waals surface area contributed by atoms with Gasteiger partial charge in [0.1, 0.15) is 5.82 Å². The van der Waals surface area contributed by atoms with E-state index in [1.807, 2.05) is 12.3 Å². The minimum atomic E-state index is 0.710. The van der Waals surface area contributed by atoms with Gasteiger partial charge in [0.25, 0.3) is 0 Å². The van der Waals surface area contributed by atoms with Crippen LogP contribution in [0, 0.1) is 12.8 Å². The zero-order valence-electron chi connectivity index (χ0n) is 14.5. The molecule has 3 nitrogen and oxygen atoms in total. The van der Waals surface area contributed by atoms with E-state index in [0.717, 1.165) is 32.0 Å². The molecule has 1 fully saturated rings. The van der Waals surface area contributed by atoms with Crippen LogP contribution in [0.15, 0.2) is 42.6 Å².